The number of nitrogen functional groups attached to an aromatic ring is 1. The number of sulfonamides is 1. The third kappa shape index (κ3) is 6.48. The largest absolute Gasteiger partial charge is 0.417 e. The Morgan fingerprint density at radius 1 is 1.07 bits per heavy atom. The average Bonchev–Trinajstić information content (AvgIpc) is 2.62. The van der Waals surface area contributed by atoms with Gasteiger partial charge in [-0.3, -0.25) is 4.72 Å². The Morgan fingerprint density at radius 2 is 1.72 bits per heavy atom. The number of nitrogens with two attached hydrogens (primary N) is 1. The van der Waals surface area contributed by atoms with E-state index in [1.807, 2.05) is 0 Å². The lowest BCUT2D eigenvalue weighted by molar-refractivity contribution is 0.286. The van der Waals surface area contributed by atoms with E-state index in [0.717, 1.165) is 18.7 Å². The summed E-state index contributed by atoms with van der Waals surface area (Å²) in [6.07, 6.45) is 0.869. The molecule has 2 aromatic rings. The molecule has 0 aliphatic rings. The summed E-state index contributed by atoms with van der Waals surface area (Å²) in [5.74, 6) is 0. The first-order chi connectivity index (χ1) is 13.4. The van der Waals surface area contributed by atoms with Crippen LogP contribution in [-0.2, 0) is 14.4 Å². The van der Waals surface area contributed by atoms with Gasteiger partial charge in [0.05, 0.1) is 22.0 Å². The van der Waals surface area contributed by atoms with Gasteiger partial charge in [0.2, 0.25) is 0 Å². The van der Waals surface area contributed by atoms with Crippen LogP contribution >= 0.6 is 0 Å². The van der Waals surface area contributed by atoms with Gasteiger partial charge in [-0.05, 0) is 54.9 Å². The molecule has 0 aliphatic carbocycles. The van der Waals surface area contributed by atoms with E-state index in [9.17, 15) is 8.42 Å². The molecule has 160 valence electrons. The molecular formula is C21H33N3O3SSi. The van der Waals surface area contributed by atoms with E-state index in [1.54, 1.807) is 48.5 Å². The van der Waals surface area contributed by atoms with Crippen molar-refractivity contribution in [2.45, 2.75) is 50.2 Å². The molecule has 2 aromatic carbocycles. The molecule has 6 nitrogen and oxygen atoms in total. The van der Waals surface area contributed by atoms with E-state index in [2.05, 4.69) is 43.9 Å². The van der Waals surface area contributed by atoms with Gasteiger partial charge >= 0.3 is 0 Å². The van der Waals surface area contributed by atoms with Crippen molar-refractivity contribution in [3.05, 3.63) is 48.5 Å². The lowest BCUT2D eigenvalue weighted by Crippen LogP contribution is -2.41. The van der Waals surface area contributed by atoms with Crippen molar-refractivity contribution < 1.29 is 12.8 Å². The van der Waals surface area contributed by atoms with E-state index in [-0.39, 0.29) is 9.93 Å². The fourth-order valence-electron chi connectivity index (χ4n) is 2.44. The maximum absolute atomic E-state index is 12.4. The fourth-order valence-corrected chi connectivity index (χ4v) is 4.60. The van der Waals surface area contributed by atoms with Crippen LogP contribution in [-0.4, -0.2) is 29.9 Å². The zero-order valence-corrected chi connectivity index (χ0v) is 19.8. The Labute approximate surface area is 176 Å². The number of rotatable bonds is 9. The number of hydrogen-bond donors (Lipinski definition) is 3. The Morgan fingerprint density at radius 3 is 2.31 bits per heavy atom. The summed E-state index contributed by atoms with van der Waals surface area (Å²) in [4.78, 5) is 0.211. The van der Waals surface area contributed by atoms with Crippen molar-refractivity contribution in [3.63, 3.8) is 0 Å². The number of hydrogen-bond acceptors (Lipinski definition) is 5. The Hall–Kier alpha value is -2.03. The summed E-state index contributed by atoms with van der Waals surface area (Å²) in [5, 5.41) is 3.50. The summed E-state index contributed by atoms with van der Waals surface area (Å²) >= 11 is 0. The standard InChI is InChI=1S/C21H33N3O3SSi/c1-21(2,3)29(4,5)27-15-9-14-23-20-13-12-17(16-19(20)22)24-28(25,26)18-10-7-6-8-11-18/h6-8,10-13,16,23-24H,9,14-15,22H2,1-5H3. The highest BCUT2D eigenvalue weighted by atomic mass is 32.2. The van der Waals surface area contributed by atoms with Crippen LogP contribution in [0.15, 0.2) is 53.4 Å². The molecule has 0 spiro atoms. The molecule has 0 amide bonds. The Bertz CT molecular complexity index is 911. The first-order valence-electron chi connectivity index (χ1n) is 9.78. The van der Waals surface area contributed by atoms with Crippen molar-refractivity contribution in [1.82, 2.24) is 0 Å². The molecule has 0 fully saturated rings. The third-order valence-corrected chi connectivity index (χ3v) is 11.2. The molecule has 0 saturated heterocycles. The molecule has 0 unspecified atom stereocenters. The van der Waals surface area contributed by atoms with E-state index in [1.165, 1.54) is 0 Å². The molecule has 0 atom stereocenters. The quantitative estimate of drug-likeness (QED) is 0.296. The molecular weight excluding hydrogens is 402 g/mol. The minimum Gasteiger partial charge on any atom is -0.417 e. The summed E-state index contributed by atoms with van der Waals surface area (Å²) in [7, 11) is -5.35. The zero-order valence-electron chi connectivity index (χ0n) is 18.0. The molecule has 0 aromatic heterocycles. The number of anilines is 3. The van der Waals surface area contributed by atoms with Crippen LogP contribution in [0.4, 0.5) is 17.1 Å². The van der Waals surface area contributed by atoms with E-state index < -0.39 is 18.3 Å². The summed E-state index contributed by atoms with van der Waals surface area (Å²) < 4.78 is 33.6. The van der Waals surface area contributed by atoms with Gasteiger partial charge in [-0.25, -0.2) is 8.42 Å². The summed E-state index contributed by atoms with van der Waals surface area (Å²) in [6.45, 7) is 12.6. The van der Waals surface area contributed by atoms with Crippen LogP contribution in [0.2, 0.25) is 18.1 Å². The van der Waals surface area contributed by atoms with Crippen LogP contribution in [0, 0.1) is 0 Å². The molecule has 0 radical (unpaired) electrons. The van der Waals surface area contributed by atoms with Gasteiger partial charge in [0.1, 0.15) is 0 Å². The van der Waals surface area contributed by atoms with Gasteiger partial charge in [0.15, 0.2) is 8.32 Å². The fraction of sp³-hybridized carbons (Fsp3) is 0.429. The first-order valence-corrected chi connectivity index (χ1v) is 14.2. The second-order valence-corrected chi connectivity index (χ2v) is 15.1. The lowest BCUT2D eigenvalue weighted by atomic mass is 10.2. The Kier molecular flexibility index (Phi) is 7.37. The van der Waals surface area contributed by atoms with Crippen LogP contribution in [0.5, 0.6) is 0 Å². The van der Waals surface area contributed by atoms with Gasteiger partial charge in [-0.2, -0.15) is 0 Å². The second kappa shape index (κ2) is 9.19. The van der Waals surface area contributed by atoms with E-state index in [4.69, 9.17) is 10.2 Å². The summed E-state index contributed by atoms with van der Waals surface area (Å²) in [5.41, 5.74) is 7.79. The molecule has 8 heteroatoms. The highest BCUT2D eigenvalue weighted by molar-refractivity contribution is 7.92. The van der Waals surface area contributed by atoms with Crippen LogP contribution in [0.1, 0.15) is 27.2 Å². The van der Waals surface area contributed by atoms with Crippen LogP contribution in [0.3, 0.4) is 0 Å². The molecule has 2 rings (SSSR count). The predicted octanol–water partition coefficient (Wildman–Crippen LogP) is 4.89. The topological polar surface area (TPSA) is 93.5 Å². The van der Waals surface area contributed by atoms with Crippen molar-refractivity contribution >= 4 is 35.4 Å². The van der Waals surface area contributed by atoms with Gasteiger partial charge < -0.3 is 15.5 Å². The predicted molar refractivity (Wildman–Crippen MR) is 124 cm³/mol. The first kappa shape index (κ1) is 23.2. The third-order valence-electron chi connectivity index (χ3n) is 5.26. The lowest BCUT2D eigenvalue weighted by Gasteiger charge is -2.36. The van der Waals surface area contributed by atoms with E-state index in [0.29, 0.717) is 18.0 Å². The van der Waals surface area contributed by atoms with Gasteiger partial charge in [0.25, 0.3) is 10.0 Å². The smallest absolute Gasteiger partial charge is 0.261 e. The highest BCUT2D eigenvalue weighted by Gasteiger charge is 2.36. The molecule has 0 heterocycles. The van der Waals surface area contributed by atoms with Gasteiger partial charge in [-0.15, -0.1) is 0 Å². The SMILES string of the molecule is CC(C)(C)[Si](C)(C)OCCCNc1ccc(NS(=O)(=O)c2ccccc2)cc1N. The average molecular weight is 436 g/mol. The monoisotopic (exact) mass is 435 g/mol. The Balaban J connectivity index is 1.89. The second-order valence-electron chi connectivity index (χ2n) is 8.61. The highest BCUT2D eigenvalue weighted by Crippen LogP contribution is 2.36. The minimum atomic E-state index is -3.63. The van der Waals surface area contributed by atoms with Crippen LogP contribution in [0.25, 0.3) is 0 Å². The normalized spacial score (nSPS) is 12.6. The zero-order chi connectivity index (χ0) is 21.7. The minimum absolute atomic E-state index is 0.202. The number of nitrogens with one attached hydrogen (secondary N) is 2. The molecule has 0 aliphatic heterocycles. The molecule has 4 N–H and O–H groups in total. The van der Waals surface area contributed by atoms with Crippen molar-refractivity contribution in [2.75, 3.05) is 28.9 Å². The number of benzene rings is 2. The maximum Gasteiger partial charge on any atom is 0.261 e. The van der Waals surface area contributed by atoms with Crippen molar-refractivity contribution in [3.8, 4) is 0 Å². The molecule has 29 heavy (non-hydrogen) atoms. The van der Waals surface area contributed by atoms with Gasteiger partial charge in [0, 0.05) is 13.2 Å². The van der Waals surface area contributed by atoms with Crippen LogP contribution < -0.4 is 15.8 Å². The molecule has 0 bridgehead atoms. The summed E-state index contributed by atoms with van der Waals surface area (Å²) in [6, 6.07) is 13.3. The maximum atomic E-state index is 12.4. The molecule has 0 saturated carbocycles. The van der Waals surface area contributed by atoms with E-state index >= 15 is 0 Å². The van der Waals surface area contributed by atoms with Crippen molar-refractivity contribution in [2.24, 2.45) is 0 Å². The van der Waals surface area contributed by atoms with Crippen molar-refractivity contribution in [1.29, 1.82) is 0 Å². The van der Waals surface area contributed by atoms with Gasteiger partial charge in [-0.1, -0.05) is 39.0 Å².